The van der Waals surface area contributed by atoms with E-state index < -0.39 is 5.79 Å². The standard InChI is InChI=1S/C16H20O2/c1-4-14-15(12-13-10-8-7-9-11-13)18-16(5-2,6-3)17-14/h1,7-11,14-15H,5-6,12H2,2-3H3. The summed E-state index contributed by atoms with van der Waals surface area (Å²) in [5.41, 5.74) is 1.23. The highest BCUT2D eigenvalue weighted by Crippen LogP contribution is 2.35. The van der Waals surface area contributed by atoms with Crippen LogP contribution < -0.4 is 0 Å². The number of terminal acetylenes is 1. The van der Waals surface area contributed by atoms with Crippen molar-refractivity contribution in [3.8, 4) is 12.3 Å². The molecule has 0 bridgehead atoms. The third kappa shape index (κ3) is 2.58. The molecule has 2 atom stereocenters. The van der Waals surface area contributed by atoms with E-state index in [0.717, 1.165) is 19.3 Å². The second-order valence-electron chi connectivity index (χ2n) is 4.67. The van der Waals surface area contributed by atoms with E-state index >= 15 is 0 Å². The predicted octanol–water partition coefficient (Wildman–Crippen LogP) is 3.16. The Morgan fingerprint density at radius 1 is 1.17 bits per heavy atom. The number of ether oxygens (including phenoxy) is 2. The van der Waals surface area contributed by atoms with Gasteiger partial charge in [-0.25, -0.2) is 0 Å². The number of hydrogen-bond donors (Lipinski definition) is 0. The normalized spacial score (nSPS) is 25.8. The smallest absolute Gasteiger partial charge is 0.170 e. The molecule has 0 saturated carbocycles. The van der Waals surface area contributed by atoms with E-state index in [4.69, 9.17) is 15.9 Å². The second kappa shape index (κ2) is 5.56. The average molecular weight is 244 g/mol. The molecule has 0 amide bonds. The molecule has 0 aromatic heterocycles. The first-order valence-electron chi connectivity index (χ1n) is 6.58. The summed E-state index contributed by atoms with van der Waals surface area (Å²) in [6, 6.07) is 10.3. The zero-order valence-electron chi connectivity index (χ0n) is 11.1. The van der Waals surface area contributed by atoms with E-state index in [1.807, 2.05) is 18.2 Å². The molecule has 1 fully saturated rings. The summed E-state index contributed by atoms with van der Waals surface area (Å²) < 4.78 is 12.0. The van der Waals surface area contributed by atoms with Gasteiger partial charge in [-0.2, -0.15) is 0 Å². The van der Waals surface area contributed by atoms with E-state index in [-0.39, 0.29) is 12.2 Å². The van der Waals surface area contributed by atoms with Crippen LogP contribution in [-0.4, -0.2) is 18.0 Å². The van der Waals surface area contributed by atoms with Crippen LogP contribution in [0.3, 0.4) is 0 Å². The van der Waals surface area contributed by atoms with Crippen LogP contribution in [-0.2, 0) is 15.9 Å². The van der Waals surface area contributed by atoms with Crippen molar-refractivity contribution in [2.75, 3.05) is 0 Å². The third-order valence-corrected chi connectivity index (χ3v) is 3.57. The van der Waals surface area contributed by atoms with Crippen molar-refractivity contribution >= 4 is 0 Å². The van der Waals surface area contributed by atoms with E-state index in [2.05, 4.69) is 31.9 Å². The molecule has 0 N–H and O–H groups in total. The van der Waals surface area contributed by atoms with Gasteiger partial charge in [-0.3, -0.25) is 0 Å². The quantitative estimate of drug-likeness (QED) is 0.757. The summed E-state index contributed by atoms with van der Waals surface area (Å²) in [4.78, 5) is 0. The molecule has 2 nitrogen and oxygen atoms in total. The Morgan fingerprint density at radius 2 is 1.83 bits per heavy atom. The van der Waals surface area contributed by atoms with E-state index in [1.54, 1.807) is 0 Å². The minimum absolute atomic E-state index is 0.0442. The van der Waals surface area contributed by atoms with Crippen molar-refractivity contribution in [2.45, 2.75) is 51.1 Å². The van der Waals surface area contributed by atoms with Gasteiger partial charge >= 0.3 is 0 Å². The van der Waals surface area contributed by atoms with Gasteiger partial charge in [0.2, 0.25) is 0 Å². The van der Waals surface area contributed by atoms with Gasteiger partial charge < -0.3 is 9.47 Å². The lowest BCUT2D eigenvalue weighted by Crippen LogP contribution is -2.29. The maximum Gasteiger partial charge on any atom is 0.170 e. The van der Waals surface area contributed by atoms with Gasteiger partial charge in [-0.1, -0.05) is 50.1 Å². The van der Waals surface area contributed by atoms with Gasteiger partial charge in [0.15, 0.2) is 5.79 Å². The fourth-order valence-corrected chi connectivity index (χ4v) is 2.39. The Kier molecular flexibility index (Phi) is 4.06. The highest BCUT2D eigenvalue weighted by atomic mass is 16.8. The molecule has 1 aromatic carbocycles. The summed E-state index contributed by atoms with van der Waals surface area (Å²) >= 11 is 0. The average Bonchev–Trinajstić information content (AvgIpc) is 2.79. The van der Waals surface area contributed by atoms with E-state index in [0.29, 0.717) is 0 Å². The van der Waals surface area contributed by atoms with Crippen LogP contribution >= 0.6 is 0 Å². The highest BCUT2D eigenvalue weighted by molar-refractivity contribution is 5.18. The molecule has 0 radical (unpaired) electrons. The van der Waals surface area contributed by atoms with Gasteiger partial charge in [0.25, 0.3) is 0 Å². The number of hydrogen-bond acceptors (Lipinski definition) is 2. The monoisotopic (exact) mass is 244 g/mol. The van der Waals surface area contributed by atoms with Gasteiger partial charge in [-0.15, -0.1) is 6.42 Å². The number of benzene rings is 1. The summed E-state index contributed by atoms with van der Waals surface area (Å²) in [6.07, 6.45) is 7.72. The van der Waals surface area contributed by atoms with Crippen LogP contribution in [0.25, 0.3) is 0 Å². The molecular weight excluding hydrogens is 224 g/mol. The topological polar surface area (TPSA) is 18.5 Å². The minimum Gasteiger partial charge on any atom is -0.343 e. The third-order valence-electron chi connectivity index (χ3n) is 3.57. The first-order chi connectivity index (χ1) is 8.73. The van der Waals surface area contributed by atoms with Crippen molar-refractivity contribution in [3.05, 3.63) is 35.9 Å². The van der Waals surface area contributed by atoms with Crippen molar-refractivity contribution in [1.82, 2.24) is 0 Å². The van der Waals surface area contributed by atoms with E-state index in [9.17, 15) is 0 Å². The molecule has 1 aromatic rings. The second-order valence-corrected chi connectivity index (χ2v) is 4.67. The molecule has 1 heterocycles. The SMILES string of the molecule is C#CC1OC(CC)(CC)OC1Cc1ccccc1. The van der Waals surface area contributed by atoms with Crippen molar-refractivity contribution in [1.29, 1.82) is 0 Å². The molecule has 2 rings (SSSR count). The van der Waals surface area contributed by atoms with Crippen LogP contribution in [0, 0.1) is 12.3 Å². The zero-order chi connectivity index (χ0) is 13.0. The molecule has 96 valence electrons. The fourth-order valence-electron chi connectivity index (χ4n) is 2.39. The molecular formula is C16H20O2. The van der Waals surface area contributed by atoms with Gasteiger partial charge in [0.05, 0.1) is 0 Å². The minimum atomic E-state index is -0.490. The molecule has 0 aliphatic carbocycles. The molecule has 1 saturated heterocycles. The Hall–Kier alpha value is -1.30. The summed E-state index contributed by atoms with van der Waals surface area (Å²) in [7, 11) is 0. The molecule has 18 heavy (non-hydrogen) atoms. The largest absolute Gasteiger partial charge is 0.343 e. The summed E-state index contributed by atoms with van der Waals surface area (Å²) in [6.45, 7) is 4.14. The lowest BCUT2D eigenvalue weighted by atomic mass is 10.0. The van der Waals surface area contributed by atoms with Crippen LogP contribution in [0.4, 0.5) is 0 Å². The van der Waals surface area contributed by atoms with E-state index in [1.165, 1.54) is 5.56 Å². The lowest BCUT2D eigenvalue weighted by molar-refractivity contribution is -0.175. The molecule has 2 unspecified atom stereocenters. The molecule has 1 aliphatic rings. The van der Waals surface area contributed by atoms with Crippen LogP contribution in [0.1, 0.15) is 32.3 Å². The van der Waals surface area contributed by atoms with Gasteiger partial charge in [0.1, 0.15) is 12.2 Å². The first-order valence-corrected chi connectivity index (χ1v) is 6.58. The number of rotatable bonds is 4. The Bertz CT molecular complexity index is 414. The highest BCUT2D eigenvalue weighted by Gasteiger charge is 2.44. The Balaban J connectivity index is 2.11. The fraction of sp³-hybridized carbons (Fsp3) is 0.500. The Labute approximate surface area is 109 Å². The predicted molar refractivity (Wildman–Crippen MR) is 72.0 cm³/mol. The van der Waals surface area contributed by atoms with Gasteiger partial charge in [-0.05, 0) is 18.4 Å². The van der Waals surface area contributed by atoms with Crippen molar-refractivity contribution in [3.63, 3.8) is 0 Å². The molecule has 2 heteroatoms. The maximum absolute atomic E-state index is 6.09. The van der Waals surface area contributed by atoms with Crippen LogP contribution in [0.15, 0.2) is 30.3 Å². The maximum atomic E-state index is 6.09. The summed E-state index contributed by atoms with van der Waals surface area (Å²) in [5.74, 6) is 2.22. The van der Waals surface area contributed by atoms with Crippen molar-refractivity contribution < 1.29 is 9.47 Å². The molecule has 0 spiro atoms. The Morgan fingerprint density at radius 3 is 2.39 bits per heavy atom. The molecule has 1 aliphatic heterocycles. The first kappa shape index (κ1) is 13.1. The zero-order valence-corrected chi connectivity index (χ0v) is 11.1. The summed E-state index contributed by atoms with van der Waals surface area (Å²) in [5, 5.41) is 0. The van der Waals surface area contributed by atoms with Gasteiger partial charge in [0, 0.05) is 6.42 Å². The van der Waals surface area contributed by atoms with Crippen LogP contribution in [0.2, 0.25) is 0 Å². The van der Waals surface area contributed by atoms with Crippen molar-refractivity contribution in [2.24, 2.45) is 0 Å². The lowest BCUT2D eigenvalue weighted by Gasteiger charge is -2.24. The van der Waals surface area contributed by atoms with Crippen LogP contribution in [0.5, 0.6) is 0 Å².